The maximum atomic E-state index is 12.4. The summed E-state index contributed by atoms with van der Waals surface area (Å²) in [4.78, 5) is 18.3. The minimum absolute atomic E-state index is 0.0375. The Labute approximate surface area is 165 Å². The van der Waals surface area contributed by atoms with Crippen LogP contribution in [0.25, 0.3) is 0 Å². The van der Waals surface area contributed by atoms with Gasteiger partial charge in [0.15, 0.2) is 0 Å². The van der Waals surface area contributed by atoms with Gasteiger partial charge in [-0.3, -0.25) is 5.21 Å². The fourth-order valence-electron chi connectivity index (χ4n) is 2.87. The number of terminal acetylenes is 1. The monoisotopic (exact) mass is 377 g/mol. The van der Waals surface area contributed by atoms with Crippen molar-refractivity contribution in [3.63, 3.8) is 0 Å². The molecule has 2 aromatic rings. The normalized spacial score (nSPS) is 16.5. The molecule has 144 valence electrons. The van der Waals surface area contributed by atoms with Crippen LogP contribution in [0.2, 0.25) is 0 Å². The molecule has 1 heterocycles. The van der Waals surface area contributed by atoms with Crippen LogP contribution in [0.5, 0.6) is 0 Å². The molecule has 0 fully saturated rings. The van der Waals surface area contributed by atoms with E-state index < -0.39 is 12.1 Å². The van der Waals surface area contributed by atoms with Crippen molar-refractivity contribution in [3.05, 3.63) is 65.7 Å². The molecule has 6 nitrogen and oxygen atoms in total. The molecule has 1 aliphatic heterocycles. The molecule has 0 spiro atoms. The summed E-state index contributed by atoms with van der Waals surface area (Å²) >= 11 is 0. The first kappa shape index (κ1) is 19.5. The number of nitrogens with zero attached hydrogens (tertiary/aromatic N) is 3. The average molecular weight is 377 g/mol. The number of ether oxygens (including phenoxy) is 1. The lowest BCUT2D eigenvalue weighted by atomic mass is 10.1. The molecular weight excluding hydrogens is 354 g/mol. The number of amides is 2. The largest absolute Gasteiger partial charge is 0.475 e. The summed E-state index contributed by atoms with van der Waals surface area (Å²) in [6.45, 7) is 2.20. The number of carbonyl (C=O) groups excluding carboxylic acids is 1. The predicted octanol–water partition coefficient (Wildman–Crippen LogP) is 3.34. The number of anilines is 1. The molecule has 6 heteroatoms. The van der Waals surface area contributed by atoms with Gasteiger partial charge in [0.2, 0.25) is 5.90 Å². The van der Waals surface area contributed by atoms with Gasteiger partial charge in [-0.05, 0) is 37.1 Å². The maximum absolute atomic E-state index is 12.4. The lowest BCUT2D eigenvalue weighted by molar-refractivity contribution is 0.170. The third-order valence-corrected chi connectivity index (χ3v) is 4.67. The smallest absolute Gasteiger partial charge is 0.349 e. The van der Waals surface area contributed by atoms with E-state index in [4.69, 9.17) is 11.2 Å². The van der Waals surface area contributed by atoms with Crippen LogP contribution in [0.3, 0.4) is 0 Å². The zero-order valence-corrected chi connectivity index (χ0v) is 15.9. The van der Waals surface area contributed by atoms with Gasteiger partial charge < -0.3 is 9.64 Å². The van der Waals surface area contributed by atoms with Gasteiger partial charge in [0.05, 0.1) is 17.8 Å². The Morgan fingerprint density at radius 1 is 1.32 bits per heavy atom. The molecule has 1 aliphatic rings. The highest BCUT2D eigenvalue weighted by atomic mass is 16.5. The van der Waals surface area contributed by atoms with Gasteiger partial charge in [-0.1, -0.05) is 42.3 Å². The van der Waals surface area contributed by atoms with Gasteiger partial charge in [-0.25, -0.2) is 9.79 Å². The second kappa shape index (κ2) is 8.59. The summed E-state index contributed by atoms with van der Waals surface area (Å²) in [5, 5.41) is 10.9. The van der Waals surface area contributed by atoms with Gasteiger partial charge in [0.1, 0.15) is 6.61 Å². The number of hydrogen-bond acceptors (Lipinski definition) is 4. The summed E-state index contributed by atoms with van der Waals surface area (Å²) < 4.78 is 5.75. The molecule has 2 aromatic carbocycles. The van der Waals surface area contributed by atoms with E-state index in [-0.39, 0.29) is 6.04 Å². The van der Waals surface area contributed by atoms with Crippen molar-refractivity contribution in [1.29, 1.82) is 0 Å². The number of aliphatic imine (C=N–C) groups is 1. The summed E-state index contributed by atoms with van der Waals surface area (Å²) in [7, 11) is 1.54. The molecular formula is C22H23N3O3. The number of rotatable bonds is 5. The minimum Gasteiger partial charge on any atom is -0.475 e. The lowest BCUT2D eigenvalue weighted by Crippen LogP contribution is -2.43. The van der Waals surface area contributed by atoms with E-state index in [0.29, 0.717) is 28.8 Å². The van der Waals surface area contributed by atoms with E-state index in [1.807, 2.05) is 24.3 Å². The quantitative estimate of drug-likeness (QED) is 0.494. The molecule has 0 radical (unpaired) electrons. The third-order valence-electron chi connectivity index (χ3n) is 4.67. The number of benzene rings is 2. The molecule has 28 heavy (non-hydrogen) atoms. The second-order valence-electron chi connectivity index (χ2n) is 6.69. The Hall–Kier alpha value is -3.30. The fraction of sp³-hybridized carbons (Fsp3) is 0.273. The summed E-state index contributed by atoms with van der Waals surface area (Å²) in [5.41, 5.74) is 2.22. The van der Waals surface area contributed by atoms with Crippen LogP contribution in [0.1, 0.15) is 18.1 Å². The van der Waals surface area contributed by atoms with Gasteiger partial charge in [0.25, 0.3) is 0 Å². The van der Waals surface area contributed by atoms with Crippen molar-refractivity contribution in [2.45, 2.75) is 25.4 Å². The number of urea groups is 1. The standard InChI is InChI=1S/C22H23N3O3/c1-4-16(2)24(3)22(26)25(27)20-12-8-11-18(14-20)21-23-19(15-28-21)13-17-9-6-5-7-10-17/h1,5-12,14,16,19,27H,13,15H2,2-3H3/t16?,19-/m0/s1. The highest BCUT2D eigenvalue weighted by Crippen LogP contribution is 2.21. The zero-order valence-electron chi connectivity index (χ0n) is 15.9. The van der Waals surface area contributed by atoms with Crippen LogP contribution in [-0.4, -0.2) is 47.8 Å². The van der Waals surface area contributed by atoms with Crippen molar-refractivity contribution >= 4 is 17.6 Å². The highest BCUT2D eigenvalue weighted by Gasteiger charge is 2.24. The Bertz CT molecular complexity index is 905. The minimum atomic E-state index is -0.612. The molecule has 3 rings (SSSR count). The summed E-state index contributed by atoms with van der Waals surface area (Å²) in [6.07, 6.45) is 6.14. The molecule has 0 aliphatic carbocycles. The van der Waals surface area contributed by atoms with Crippen molar-refractivity contribution < 1.29 is 14.7 Å². The Balaban J connectivity index is 1.73. The molecule has 0 saturated heterocycles. The molecule has 0 bridgehead atoms. The average Bonchev–Trinajstić information content (AvgIpc) is 3.20. The first-order valence-electron chi connectivity index (χ1n) is 9.06. The zero-order chi connectivity index (χ0) is 20.1. The van der Waals surface area contributed by atoms with Crippen LogP contribution >= 0.6 is 0 Å². The van der Waals surface area contributed by atoms with Crippen LogP contribution in [0, 0.1) is 12.3 Å². The van der Waals surface area contributed by atoms with Crippen molar-refractivity contribution in [1.82, 2.24) is 4.90 Å². The number of hydrogen-bond donors (Lipinski definition) is 1. The van der Waals surface area contributed by atoms with Crippen LogP contribution in [0.15, 0.2) is 59.6 Å². The van der Waals surface area contributed by atoms with E-state index in [0.717, 1.165) is 6.42 Å². The van der Waals surface area contributed by atoms with Crippen LogP contribution in [0.4, 0.5) is 10.5 Å². The molecule has 1 N–H and O–H groups in total. The molecule has 1 unspecified atom stereocenters. The van der Waals surface area contributed by atoms with Gasteiger partial charge in [-0.2, -0.15) is 5.06 Å². The number of carbonyl (C=O) groups is 1. The predicted molar refractivity (Wildman–Crippen MR) is 109 cm³/mol. The van der Waals surface area contributed by atoms with Gasteiger partial charge >= 0.3 is 6.03 Å². The van der Waals surface area contributed by atoms with Crippen LogP contribution < -0.4 is 5.06 Å². The van der Waals surface area contributed by atoms with E-state index in [2.05, 4.69) is 23.0 Å². The summed E-state index contributed by atoms with van der Waals surface area (Å²) in [6, 6.07) is 16.0. The van der Waals surface area contributed by atoms with Gasteiger partial charge in [0, 0.05) is 12.6 Å². The van der Waals surface area contributed by atoms with Crippen molar-refractivity contribution in [2.75, 3.05) is 18.7 Å². The first-order chi connectivity index (χ1) is 13.5. The molecule has 0 aromatic heterocycles. The van der Waals surface area contributed by atoms with Crippen LogP contribution in [-0.2, 0) is 11.2 Å². The Kier molecular flexibility index (Phi) is 5.97. The fourth-order valence-corrected chi connectivity index (χ4v) is 2.87. The summed E-state index contributed by atoms with van der Waals surface area (Å²) in [5.74, 6) is 2.97. The Morgan fingerprint density at radius 3 is 2.79 bits per heavy atom. The van der Waals surface area contributed by atoms with E-state index in [1.54, 1.807) is 25.1 Å². The maximum Gasteiger partial charge on any atom is 0.349 e. The molecule has 2 atom stereocenters. The SMILES string of the molecule is C#CC(C)N(C)C(=O)N(O)c1cccc(C2=N[C@@H](Cc3ccccc3)CO2)c1. The first-order valence-corrected chi connectivity index (χ1v) is 9.06. The van der Waals surface area contributed by atoms with E-state index in [1.165, 1.54) is 17.5 Å². The highest BCUT2D eigenvalue weighted by molar-refractivity contribution is 5.97. The topological polar surface area (TPSA) is 65.4 Å². The van der Waals surface area contributed by atoms with E-state index in [9.17, 15) is 10.0 Å². The third kappa shape index (κ3) is 4.33. The van der Waals surface area contributed by atoms with Crippen molar-refractivity contribution in [2.24, 2.45) is 4.99 Å². The van der Waals surface area contributed by atoms with Crippen molar-refractivity contribution in [3.8, 4) is 12.3 Å². The molecule has 2 amide bonds. The second-order valence-corrected chi connectivity index (χ2v) is 6.69. The molecule has 0 saturated carbocycles. The van der Waals surface area contributed by atoms with Gasteiger partial charge in [-0.15, -0.1) is 6.42 Å². The Morgan fingerprint density at radius 2 is 2.07 bits per heavy atom. The number of hydroxylamine groups is 1. The lowest BCUT2D eigenvalue weighted by Gasteiger charge is -2.25. The van der Waals surface area contributed by atoms with E-state index >= 15 is 0 Å².